The highest BCUT2D eigenvalue weighted by Crippen LogP contribution is 2.31. The molecular weight excluding hydrogens is 397 g/mol. The van der Waals surface area contributed by atoms with Crippen LogP contribution in [-0.4, -0.2) is 31.7 Å². The Kier molecular flexibility index (Phi) is 6.66. The minimum absolute atomic E-state index is 0.234. The van der Waals surface area contributed by atoms with E-state index < -0.39 is 24.3 Å². The van der Waals surface area contributed by atoms with E-state index in [-0.39, 0.29) is 4.88 Å². The summed E-state index contributed by atoms with van der Waals surface area (Å²) in [4.78, 5) is 24.6. The van der Waals surface area contributed by atoms with Gasteiger partial charge in [0.15, 0.2) is 18.1 Å². The fraction of sp³-hybridized carbons (Fsp3) is 0.238. The van der Waals surface area contributed by atoms with Crippen LogP contribution in [0.1, 0.15) is 23.5 Å². The normalized spacial score (nSPS) is 10.6. The Hall–Kier alpha value is -3.13. The Balaban J connectivity index is 1.61. The van der Waals surface area contributed by atoms with Gasteiger partial charge < -0.3 is 19.5 Å². The molecule has 0 saturated carbocycles. The molecule has 0 aliphatic rings. The highest BCUT2D eigenvalue weighted by atomic mass is 32.1. The number of fused-ring (bicyclic) bond motifs is 1. The molecule has 0 bridgehead atoms. The van der Waals surface area contributed by atoms with Gasteiger partial charge in [-0.2, -0.15) is 0 Å². The first-order valence-corrected chi connectivity index (χ1v) is 9.88. The fourth-order valence-corrected chi connectivity index (χ4v) is 3.62. The van der Waals surface area contributed by atoms with Gasteiger partial charge >= 0.3 is 5.97 Å². The molecule has 0 atom stereocenters. The van der Waals surface area contributed by atoms with E-state index >= 15 is 0 Å². The van der Waals surface area contributed by atoms with E-state index in [1.165, 1.54) is 12.1 Å². The molecule has 0 fully saturated rings. The second-order valence-corrected chi connectivity index (χ2v) is 7.00. The Morgan fingerprint density at radius 3 is 2.52 bits per heavy atom. The predicted octanol–water partition coefficient (Wildman–Crippen LogP) is 4.63. The minimum Gasteiger partial charge on any atom is -0.490 e. The van der Waals surface area contributed by atoms with Gasteiger partial charge in [-0.25, -0.2) is 9.18 Å². The van der Waals surface area contributed by atoms with Crippen LogP contribution in [0.5, 0.6) is 11.5 Å². The average molecular weight is 417 g/mol. The number of thiophene rings is 1. The highest BCUT2D eigenvalue weighted by Gasteiger charge is 2.16. The van der Waals surface area contributed by atoms with E-state index in [0.717, 1.165) is 11.3 Å². The average Bonchev–Trinajstić information content (AvgIpc) is 3.14. The smallest absolute Gasteiger partial charge is 0.348 e. The zero-order chi connectivity index (χ0) is 20.8. The van der Waals surface area contributed by atoms with E-state index in [1.54, 1.807) is 30.3 Å². The summed E-state index contributed by atoms with van der Waals surface area (Å²) >= 11 is 1.11. The molecule has 0 aliphatic carbocycles. The topological polar surface area (TPSA) is 73.9 Å². The van der Waals surface area contributed by atoms with E-state index in [4.69, 9.17) is 14.2 Å². The van der Waals surface area contributed by atoms with Crippen LogP contribution in [0.25, 0.3) is 10.1 Å². The lowest BCUT2D eigenvalue weighted by Crippen LogP contribution is -2.20. The summed E-state index contributed by atoms with van der Waals surface area (Å²) in [6, 6.07) is 11.0. The van der Waals surface area contributed by atoms with Gasteiger partial charge in [0.1, 0.15) is 10.7 Å². The number of hydrogen-bond acceptors (Lipinski definition) is 6. The number of benzene rings is 2. The number of amides is 1. The molecule has 0 unspecified atom stereocenters. The quantitative estimate of drug-likeness (QED) is 0.541. The number of nitrogens with one attached hydrogen (secondary N) is 1. The fourth-order valence-electron chi connectivity index (χ4n) is 2.65. The second-order valence-electron chi connectivity index (χ2n) is 5.91. The monoisotopic (exact) mass is 417 g/mol. The number of ether oxygens (including phenoxy) is 3. The first-order chi connectivity index (χ1) is 14.0. The second kappa shape index (κ2) is 9.38. The molecule has 0 spiro atoms. The van der Waals surface area contributed by atoms with Crippen molar-refractivity contribution in [1.82, 2.24) is 0 Å². The van der Waals surface area contributed by atoms with Gasteiger partial charge in [0.05, 0.1) is 13.2 Å². The summed E-state index contributed by atoms with van der Waals surface area (Å²) in [5.74, 6) is -0.497. The number of rotatable bonds is 8. The summed E-state index contributed by atoms with van der Waals surface area (Å²) < 4.78 is 30.4. The van der Waals surface area contributed by atoms with Gasteiger partial charge in [-0.3, -0.25) is 4.79 Å². The van der Waals surface area contributed by atoms with Crippen molar-refractivity contribution in [3.05, 3.63) is 53.2 Å². The first-order valence-electron chi connectivity index (χ1n) is 9.06. The zero-order valence-electron chi connectivity index (χ0n) is 16.0. The Bertz CT molecular complexity index is 1030. The Morgan fingerprint density at radius 1 is 1.03 bits per heavy atom. The van der Waals surface area contributed by atoms with Crippen LogP contribution in [0.2, 0.25) is 0 Å². The highest BCUT2D eigenvalue weighted by molar-refractivity contribution is 7.20. The van der Waals surface area contributed by atoms with Crippen molar-refractivity contribution in [2.24, 2.45) is 0 Å². The lowest BCUT2D eigenvalue weighted by molar-refractivity contribution is -0.119. The molecule has 8 heteroatoms. The standard InChI is InChI=1S/C21H20FNO5S/c1-3-26-16-9-8-13(10-17(16)27-4-2)23-20(24)12-28-21(25)19-11-14-15(22)6-5-7-18(14)29-19/h5-11H,3-4,12H2,1-2H3,(H,23,24). The molecule has 0 radical (unpaired) electrons. The number of carbonyl (C=O) groups is 2. The molecule has 152 valence electrons. The first kappa shape index (κ1) is 20.6. The van der Waals surface area contributed by atoms with Crippen molar-refractivity contribution < 1.29 is 28.2 Å². The van der Waals surface area contributed by atoms with Crippen molar-refractivity contribution >= 4 is 39.0 Å². The predicted molar refractivity (Wildman–Crippen MR) is 109 cm³/mol. The summed E-state index contributed by atoms with van der Waals surface area (Å²) in [6.07, 6.45) is 0. The van der Waals surface area contributed by atoms with Gasteiger partial charge in [0.25, 0.3) is 5.91 Å². The van der Waals surface area contributed by atoms with Crippen LogP contribution in [0, 0.1) is 5.82 Å². The molecule has 3 rings (SSSR count). The number of halogens is 1. The lowest BCUT2D eigenvalue weighted by atomic mass is 10.2. The van der Waals surface area contributed by atoms with Crippen LogP contribution < -0.4 is 14.8 Å². The van der Waals surface area contributed by atoms with Crippen LogP contribution in [0.4, 0.5) is 10.1 Å². The van der Waals surface area contributed by atoms with Crippen LogP contribution >= 0.6 is 11.3 Å². The Morgan fingerprint density at radius 2 is 1.79 bits per heavy atom. The van der Waals surface area contributed by atoms with Crippen LogP contribution in [0.15, 0.2) is 42.5 Å². The maximum Gasteiger partial charge on any atom is 0.348 e. The molecule has 6 nitrogen and oxygen atoms in total. The van der Waals surface area contributed by atoms with Crippen molar-refractivity contribution in [3.8, 4) is 11.5 Å². The van der Waals surface area contributed by atoms with Gasteiger partial charge in [0, 0.05) is 21.8 Å². The van der Waals surface area contributed by atoms with E-state index in [9.17, 15) is 14.0 Å². The number of carbonyl (C=O) groups excluding carboxylic acids is 2. The maximum atomic E-state index is 13.8. The van der Waals surface area contributed by atoms with Crippen LogP contribution in [-0.2, 0) is 9.53 Å². The molecule has 1 aromatic heterocycles. The van der Waals surface area contributed by atoms with Gasteiger partial charge in [0.2, 0.25) is 0 Å². The van der Waals surface area contributed by atoms with Gasteiger partial charge in [-0.1, -0.05) is 6.07 Å². The third-order valence-electron chi connectivity index (χ3n) is 3.87. The molecule has 0 saturated heterocycles. The summed E-state index contributed by atoms with van der Waals surface area (Å²) in [5.41, 5.74) is 0.488. The van der Waals surface area contributed by atoms with E-state index in [0.29, 0.717) is 40.5 Å². The van der Waals surface area contributed by atoms with Gasteiger partial charge in [-0.15, -0.1) is 11.3 Å². The Labute approximate surface area is 171 Å². The minimum atomic E-state index is -0.678. The third-order valence-corrected chi connectivity index (χ3v) is 4.95. The number of anilines is 1. The molecule has 0 aliphatic heterocycles. The summed E-state index contributed by atoms with van der Waals surface area (Å²) in [7, 11) is 0. The molecule has 29 heavy (non-hydrogen) atoms. The molecule has 1 heterocycles. The van der Waals surface area contributed by atoms with Crippen molar-refractivity contribution in [2.45, 2.75) is 13.8 Å². The molecular formula is C21H20FNO5S. The van der Waals surface area contributed by atoms with Crippen molar-refractivity contribution in [2.75, 3.05) is 25.1 Å². The van der Waals surface area contributed by atoms with Crippen molar-refractivity contribution in [1.29, 1.82) is 0 Å². The number of hydrogen-bond donors (Lipinski definition) is 1. The van der Waals surface area contributed by atoms with E-state index in [2.05, 4.69) is 5.32 Å². The van der Waals surface area contributed by atoms with Gasteiger partial charge in [-0.05, 0) is 44.2 Å². The number of esters is 1. The van der Waals surface area contributed by atoms with Crippen LogP contribution in [0.3, 0.4) is 0 Å². The SMILES string of the molecule is CCOc1ccc(NC(=O)COC(=O)c2cc3c(F)cccc3s2)cc1OCC. The molecule has 3 aromatic rings. The zero-order valence-corrected chi connectivity index (χ0v) is 16.8. The summed E-state index contributed by atoms with van der Waals surface area (Å²) in [6.45, 7) is 4.19. The lowest BCUT2D eigenvalue weighted by Gasteiger charge is -2.13. The van der Waals surface area contributed by atoms with Crippen molar-refractivity contribution in [3.63, 3.8) is 0 Å². The molecule has 2 aromatic carbocycles. The molecule has 1 amide bonds. The molecule has 1 N–H and O–H groups in total. The summed E-state index contributed by atoms with van der Waals surface area (Å²) in [5, 5.41) is 3.00. The largest absolute Gasteiger partial charge is 0.490 e. The van der Waals surface area contributed by atoms with E-state index in [1.807, 2.05) is 13.8 Å². The maximum absolute atomic E-state index is 13.8. The third kappa shape index (κ3) is 5.03.